The summed E-state index contributed by atoms with van der Waals surface area (Å²) >= 11 is 0. The number of rotatable bonds is 6. The Labute approximate surface area is 138 Å². The number of ether oxygens (including phenoxy) is 1. The third-order valence-corrected chi connectivity index (χ3v) is 3.97. The van der Waals surface area contributed by atoms with Gasteiger partial charge in [0.2, 0.25) is 0 Å². The van der Waals surface area contributed by atoms with Gasteiger partial charge in [0.15, 0.2) is 0 Å². The van der Waals surface area contributed by atoms with Crippen LogP contribution in [0.5, 0.6) is 0 Å². The summed E-state index contributed by atoms with van der Waals surface area (Å²) in [6.45, 7) is 5.58. The third-order valence-electron chi connectivity index (χ3n) is 3.97. The third kappa shape index (κ3) is 5.23. The van der Waals surface area contributed by atoms with Crippen molar-refractivity contribution < 1.29 is 4.74 Å². The van der Waals surface area contributed by atoms with E-state index in [1.165, 1.54) is 16.8 Å². The van der Waals surface area contributed by atoms with E-state index in [0.717, 1.165) is 39.4 Å². The minimum atomic E-state index is 0.829. The number of nitrogens with zero attached hydrogens (tertiary/aromatic N) is 1. The minimum Gasteiger partial charge on any atom is -0.382 e. The standard InChI is InChI=1S/C20H24N2O/c1-2-6-18(7-3-1)9-5-11-21-20-10-4-8-19(16-20)17-22-12-14-23-15-13-22/h1-10,16,21H,11-15,17H2/b9-5+. The fraction of sp³-hybridized carbons (Fsp3) is 0.300. The average Bonchev–Trinajstić information content (AvgIpc) is 2.61. The SMILES string of the molecule is C(=C\c1ccccc1)/CNc1cccc(CN2CCOCC2)c1. The predicted octanol–water partition coefficient (Wildman–Crippen LogP) is 3.64. The van der Waals surface area contributed by atoms with Gasteiger partial charge in [0.1, 0.15) is 0 Å². The summed E-state index contributed by atoms with van der Waals surface area (Å²) in [5.41, 5.74) is 3.76. The highest BCUT2D eigenvalue weighted by Gasteiger charge is 2.10. The first-order chi connectivity index (χ1) is 11.4. The number of hydrogen-bond acceptors (Lipinski definition) is 3. The Morgan fingerprint density at radius 2 is 1.83 bits per heavy atom. The lowest BCUT2D eigenvalue weighted by Gasteiger charge is -2.26. The van der Waals surface area contributed by atoms with Crippen LogP contribution in [0.1, 0.15) is 11.1 Å². The summed E-state index contributed by atoms with van der Waals surface area (Å²) in [6, 6.07) is 19.1. The molecular weight excluding hydrogens is 284 g/mol. The molecular formula is C20H24N2O. The lowest BCUT2D eigenvalue weighted by molar-refractivity contribution is 0.0342. The Kier molecular flexibility index (Phi) is 5.84. The van der Waals surface area contributed by atoms with Crippen LogP contribution in [0.15, 0.2) is 60.7 Å². The predicted molar refractivity (Wildman–Crippen MR) is 96.5 cm³/mol. The Morgan fingerprint density at radius 3 is 2.65 bits per heavy atom. The first-order valence-electron chi connectivity index (χ1n) is 8.25. The van der Waals surface area contributed by atoms with Gasteiger partial charge in [0.05, 0.1) is 13.2 Å². The maximum Gasteiger partial charge on any atom is 0.0594 e. The average molecular weight is 308 g/mol. The maximum absolute atomic E-state index is 5.40. The monoisotopic (exact) mass is 308 g/mol. The fourth-order valence-corrected chi connectivity index (χ4v) is 2.73. The zero-order valence-corrected chi connectivity index (χ0v) is 13.4. The lowest BCUT2D eigenvalue weighted by atomic mass is 10.1. The highest BCUT2D eigenvalue weighted by molar-refractivity contribution is 5.51. The van der Waals surface area contributed by atoms with Gasteiger partial charge in [-0.25, -0.2) is 0 Å². The van der Waals surface area contributed by atoms with Crippen LogP contribution < -0.4 is 5.32 Å². The number of nitrogens with one attached hydrogen (secondary N) is 1. The van der Waals surface area contributed by atoms with E-state index in [1.54, 1.807) is 0 Å². The molecule has 2 aromatic carbocycles. The van der Waals surface area contributed by atoms with Crippen molar-refractivity contribution in [2.75, 3.05) is 38.2 Å². The molecule has 0 radical (unpaired) electrons. The second kappa shape index (κ2) is 8.51. The van der Waals surface area contributed by atoms with Gasteiger partial charge in [-0.15, -0.1) is 0 Å². The number of hydrogen-bond donors (Lipinski definition) is 1. The van der Waals surface area contributed by atoms with E-state index in [0.29, 0.717) is 0 Å². The molecule has 3 nitrogen and oxygen atoms in total. The van der Waals surface area contributed by atoms with Gasteiger partial charge in [-0.3, -0.25) is 4.90 Å². The second-order valence-electron chi connectivity index (χ2n) is 5.78. The van der Waals surface area contributed by atoms with Crippen LogP contribution in [0.4, 0.5) is 5.69 Å². The number of anilines is 1. The van der Waals surface area contributed by atoms with Crippen molar-refractivity contribution in [2.45, 2.75) is 6.54 Å². The largest absolute Gasteiger partial charge is 0.382 e. The molecule has 0 saturated carbocycles. The fourth-order valence-electron chi connectivity index (χ4n) is 2.73. The molecule has 0 aliphatic carbocycles. The van der Waals surface area contributed by atoms with Crippen LogP contribution in [0, 0.1) is 0 Å². The van der Waals surface area contributed by atoms with E-state index >= 15 is 0 Å². The molecule has 1 fully saturated rings. The summed E-state index contributed by atoms with van der Waals surface area (Å²) in [7, 11) is 0. The Hall–Kier alpha value is -2.10. The molecule has 1 aliphatic rings. The molecule has 1 saturated heterocycles. The quantitative estimate of drug-likeness (QED) is 0.881. The molecule has 2 aromatic rings. The summed E-state index contributed by atoms with van der Waals surface area (Å²) < 4.78 is 5.40. The van der Waals surface area contributed by atoms with Crippen molar-refractivity contribution in [1.82, 2.24) is 4.90 Å². The normalized spacial score (nSPS) is 15.8. The van der Waals surface area contributed by atoms with E-state index in [9.17, 15) is 0 Å². The van der Waals surface area contributed by atoms with Crippen molar-refractivity contribution in [3.8, 4) is 0 Å². The van der Waals surface area contributed by atoms with Gasteiger partial charge in [-0.1, -0.05) is 54.6 Å². The Balaban J connectivity index is 1.50. The van der Waals surface area contributed by atoms with Crippen molar-refractivity contribution in [3.05, 3.63) is 71.8 Å². The number of morpholine rings is 1. The topological polar surface area (TPSA) is 24.5 Å². The molecule has 0 aromatic heterocycles. The van der Waals surface area contributed by atoms with Gasteiger partial charge >= 0.3 is 0 Å². The van der Waals surface area contributed by atoms with Gasteiger partial charge < -0.3 is 10.1 Å². The van der Waals surface area contributed by atoms with E-state index < -0.39 is 0 Å². The van der Waals surface area contributed by atoms with Crippen LogP contribution in [0.2, 0.25) is 0 Å². The molecule has 0 amide bonds. The van der Waals surface area contributed by atoms with Crippen LogP contribution in [-0.2, 0) is 11.3 Å². The molecule has 0 bridgehead atoms. The first-order valence-corrected chi connectivity index (χ1v) is 8.25. The summed E-state index contributed by atoms with van der Waals surface area (Å²) in [6.07, 6.45) is 4.30. The molecule has 23 heavy (non-hydrogen) atoms. The van der Waals surface area contributed by atoms with Crippen LogP contribution in [-0.4, -0.2) is 37.7 Å². The lowest BCUT2D eigenvalue weighted by Crippen LogP contribution is -2.35. The molecule has 1 heterocycles. The molecule has 0 unspecified atom stereocenters. The minimum absolute atomic E-state index is 0.829. The van der Waals surface area contributed by atoms with E-state index in [-0.39, 0.29) is 0 Å². The van der Waals surface area contributed by atoms with E-state index in [4.69, 9.17) is 4.74 Å². The zero-order chi connectivity index (χ0) is 15.7. The molecule has 3 rings (SSSR count). The smallest absolute Gasteiger partial charge is 0.0594 e. The summed E-state index contributed by atoms with van der Waals surface area (Å²) in [5, 5.41) is 3.46. The van der Waals surface area contributed by atoms with Gasteiger partial charge in [0.25, 0.3) is 0 Å². The maximum atomic E-state index is 5.40. The van der Waals surface area contributed by atoms with E-state index in [2.05, 4.69) is 70.9 Å². The second-order valence-corrected chi connectivity index (χ2v) is 5.78. The molecule has 0 spiro atoms. The molecule has 1 aliphatic heterocycles. The van der Waals surface area contributed by atoms with Crippen molar-refractivity contribution in [3.63, 3.8) is 0 Å². The Morgan fingerprint density at radius 1 is 1.00 bits per heavy atom. The summed E-state index contributed by atoms with van der Waals surface area (Å²) in [5.74, 6) is 0. The highest BCUT2D eigenvalue weighted by atomic mass is 16.5. The highest BCUT2D eigenvalue weighted by Crippen LogP contribution is 2.13. The van der Waals surface area contributed by atoms with Crippen molar-refractivity contribution in [1.29, 1.82) is 0 Å². The van der Waals surface area contributed by atoms with Gasteiger partial charge in [-0.05, 0) is 23.3 Å². The summed E-state index contributed by atoms with van der Waals surface area (Å²) in [4.78, 5) is 2.44. The van der Waals surface area contributed by atoms with E-state index in [1.807, 2.05) is 6.07 Å². The molecule has 0 atom stereocenters. The molecule has 3 heteroatoms. The molecule has 1 N–H and O–H groups in total. The van der Waals surface area contributed by atoms with Gasteiger partial charge in [0, 0.05) is 31.9 Å². The van der Waals surface area contributed by atoms with Gasteiger partial charge in [-0.2, -0.15) is 0 Å². The van der Waals surface area contributed by atoms with Crippen LogP contribution in [0.25, 0.3) is 6.08 Å². The number of benzene rings is 2. The Bertz CT molecular complexity index is 619. The van der Waals surface area contributed by atoms with Crippen LogP contribution in [0.3, 0.4) is 0 Å². The van der Waals surface area contributed by atoms with Crippen LogP contribution >= 0.6 is 0 Å². The molecule has 120 valence electrons. The van der Waals surface area contributed by atoms with Crippen molar-refractivity contribution >= 4 is 11.8 Å². The first kappa shape index (κ1) is 15.8. The van der Waals surface area contributed by atoms with Crippen molar-refractivity contribution in [2.24, 2.45) is 0 Å². The zero-order valence-electron chi connectivity index (χ0n) is 13.4.